The Kier molecular flexibility index (Phi) is 8.16. The highest BCUT2D eigenvalue weighted by molar-refractivity contribution is 7.92. The Morgan fingerprint density at radius 2 is 1.71 bits per heavy atom. The van der Waals surface area contributed by atoms with Crippen molar-refractivity contribution in [2.24, 2.45) is 0 Å². The van der Waals surface area contributed by atoms with E-state index in [4.69, 9.17) is 0 Å². The van der Waals surface area contributed by atoms with Crippen LogP contribution in [-0.2, 0) is 10.0 Å². The van der Waals surface area contributed by atoms with Gasteiger partial charge in [0.05, 0.1) is 15.5 Å². The first-order valence-electron chi connectivity index (χ1n) is 11.1. The maximum atomic E-state index is 13.1. The second-order valence-corrected chi connectivity index (χ2v) is 10.6. The summed E-state index contributed by atoms with van der Waals surface area (Å²) in [6, 6.07) is 10.9. The maximum Gasteiger partial charge on any atom is 0.323 e. The highest BCUT2D eigenvalue weighted by Crippen LogP contribution is 2.35. The van der Waals surface area contributed by atoms with Crippen LogP contribution in [0.2, 0.25) is 0 Å². The number of aromatic hydroxyl groups is 1. The van der Waals surface area contributed by atoms with E-state index >= 15 is 0 Å². The van der Waals surface area contributed by atoms with Gasteiger partial charge < -0.3 is 10.0 Å². The number of amides is 2. The Labute approximate surface area is 204 Å². The van der Waals surface area contributed by atoms with Crippen LogP contribution in [0.15, 0.2) is 47.4 Å². The van der Waals surface area contributed by atoms with E-state index in [0.29, 0.717) is 40.7 Å². The average molecular weight is 503 g/mol. The first-order valence-corrected chi connectivity index (χ1v) is 13.4. The number of thiazole rings is 1. The first kappa shape index (κ1) is 25.5. The molecule has 182 valence electrons. The molecule has 2 aromatic carbocycles. The minimum atomic E-state index is -3.86. The van der Waals surface area contributed by atoms with Crippen LogP contribution < -0.4 is 10.0 Å². The third-order valence-corrected chi connectivity index (χ3v) is 7.79. The summed E-state index contributed by atoms with van der Waals surface area (Å²) < 4.78 is 28.7. The molecule has 0 unspecified atom stereocenters. The summed E-state index contributed by atoms with van der Waals surface area (Å²) in [7, 11) is -3.86. The van der Waals surface area contributed by atoms with Crippen molar-refractivity contribution in [2.75, 3.05) is 23.1 Å². The fourth-order valence-electron chi connectivity index (χ4n) is 3.51. The number of hydrogen-bond acceptors (Lipinski definition) is 6. The van der Waals surface area contributed by atoms with Gasteiger partial charge in [-0.1, -0.05) is 37.3 Å². The lowest BCUT2D eigenvalue weighted by molar-refractivity contribution is 0.211. The molecule has 2 amide bonds. The van der Waals surface area contributed by atoms with E-state index in [1.54, 1.807) is 24.0 Å². The Morgan fingerprint density at radius 1 is 1.06 bits per heavy atom. The van der Waals surface area contributed by atoms with E-state index in [-0.39, 0.29) is 16.7 Å². The van der Waals surface area contributed by atoms with E-state index in [9.17, 15) is 18.3 Å². The van der Waals surface area contributed by atoms with E-state index in [2.05, 4.69) is 15.0 Å². The van der Waals surface area contributed by atoms with Crippen molar-refractivity contribution >= 4 is 38.2 Å². The largest absolute Gasteiger partial charge is 0.508 e. The molecule has 0 saturated carbocycles. The number of nitrogens with zero attached hydrogens (tertiary/aromatic N) is 2. The van der Waals surface area contributed by atoms with Gasteiger partial charge in [-0.3, -0.25) is 10.0 Å². The fraction of sp³-hybridized carbons (Fsp3) is 0.333. The van der Waals surface area contributed by atoms with Gasteiger partial charge in [-0.25, -0.2) is 18.2 Å². The summed E-state index contributed by atoms with van der Waals surface area (Å²) in [5.74, 6) is 0.0530. The van der Waals surface area contributed by atoms with Gasteiger partial charge in [0.1, 0.15) is 5.75 Å². The molecule has 0 atom stereocenters. The van der Waals surface area contributed by atoms with Crippen molar-refractivity contribution in [1.82, 2.24) is 9.88 Å². The van der Waals surface area contributed by atoms with Gasteiger partial charge >= 0.3 is 6.03 Å². The number of carbonyl (C=O) groups excluding carboxylic acids is 1. The van der Waals surface area contributed by atoms with E-state index in [1.165, 1.54) is 35.6 Å². The molecule has 34 heavy (non-hydrogen) atoms. The predicted molar refractivity (Wildman–Crippen MR) is 137 cm³/mol. The lowest BCUT2D eigenvalue weighted by Gasteiger charge is -2.20. The van der Waals surface area contributed by atoms with Crippen molar-refractivity contribution in [1.29, 1.82) is 0 Å². The summed E-state index contributed by atoms with van der Waals surface area (Å²) in [5, 5.41) is 12.8. The molecule has 3 aromatic rings. The van der Waals surface area contributed by atoms with Crippen LogP contribution in [0.3, 0.4) is 0 Å². The third kappa shape index (κ3) is 6.06. The number of carbonyl (C=O) groups is 1. The fourth-order valence-corrected chi connectivity index (χ4v) is 5.80. The lowest BCUT2D eigenvalue weighted by atomic mass is 10.1. The molecule has 1 aromatic heterocycles. The molecule has 0 radical (unpaired) electrons. The lowest BCUT2D eigenvalue weighted by Crippen LogP contribution is -2.36. The SMILES string of the molecule is CCCN(CCC)C(=O)Nc1nc(C)c(-c2ccc(C)c(S(=O)(=O)Nc3ccc(O)cc3)c2)s1. The summed E-state index contributed by atoms with van der Waals surface area (Å²) in [6.07, 6.45) is 1.74. The number of rotatable bonds is 9. The highest BCUT2D eigenvalue weighted by atomic mass is 32.2. The number of urea groups is 1. The number of phenols is 1. The molecule has 3 rings (SSSR count). The molecule has 0 aliphatic carbocycles. The molecule has 10 heteroatoms. The molecule has 1 heterocycles. The van der Waals surface area contributed by atoms with E-state index in [0.717, 1.165) is 17.7 Å². The minimum absolute atomic E-state index is 0.0530. The van der Waals surface area contributed by atoms with Crippen LogP contribution in [0.5, 0.6) is 5.75 Å². The zero-order valence-electron chi connectivity index (χ0n) is 19.8. The Morgan fingerprint density at radius 3 is 2.32 bits per heavy atom. The number of phenolic OH excluding ortho intramolecular Hbond substituents is 1. The predicted octanol–water partition coefficient (Wildman–Crippen LogP) is 5.59. The van der Waals surface area contributed by atoms with Gasteiger partial charge in [-0.05, 0) is 68.1 Å². The average Bonchev–Trinajstić information content (AvgIpc) is 3.15. The van der Waals surface area contributed by atoms with Gasteiger partial charge in [0.15, 0.2) is 5.13 Å². The number of aryl methyl sites for hydroxylation is 2. The van der Waals surface area contributed by atoms with Gasteiger partial charge in [-0.15, -0.1) is 0 Å². The zero-order chi connectivity index (χ0) is 24.9. The second kappa shape index (κ2) is 10.9. The van der Waals surface area contributed by atoms with E-state index < -0.39 is 10.0 Å². The Hall–Kier alpha value is -3.11. The monoisotopic (exact) mass is 502 g/mol. The summed E-state index contributed by atoms with van der Waals surface area (Å²) in [5.41, 5.74) is 2.36. The Bertz CT molecular complexity index is 1250. The molecule has 0 spiro atoms. The third-order valence-electron chi connectivity index (χ3n) is 5.14. The standard InChI is InChI=1S/C24H30N4O4S2/c1-5-13-28(14-6-2)24(30)26-23-25-17(4)22(33-23)18-8-7-16(3)21(15-18)34(31,32)27-19-9-11-20(29)12-10-19/h7-12,15,27,29H,5-6,13-14H2,1-4H3,(H,25,26,30). The molecule has 0 bridgehead atoms. The maximum absolute atomic E-state index is 13.1. The normalized spacial score (nSPS) is 11.3. The number of anilines is 2. The molecule has 0 aliphatic rings. The van der Waals surface area contributed by atoms with Crippen molar-refractivity contribution in [3.8, 4) is 16.2 Å². The quantitative estimate of drug-likeness (QED) is 0.330. The van der Waals surface area contributed by atoms with Gasteiger partial charge in [0.2, 0.25) is 0 Å². The van der Waals surface area contributed by atoms with Crippen LogP contribution in [0.25, 0.3) is 10.4 Å². The van der Waals surface area contributed by atoms with Crippen LogP contribution in [0.4, 0.5) is 15.6 Å². The highest BCUT2D eigenvalue weighted by Gasteiger charge is 2.21. The molecule has 0 saturated heterocycles. The minimum Gasteiger partial charge on any atom is -0.508 e. The molecule has 0 fully saturated rings. The second-order valence-electron chi connectivity index (χ2n) is 7.98. The number of benzene rings is 2. The summed E-state index contributed by atoms with van der Waals surface area (Å²) >= 11 is 1.31. The smallest absolute Gasteiger partial charge is 0.323 e. The van der Waals surface area contributed by atoms with Crippen LogP contribution >= 0.6 is 11.3 Å². The van der Waals surface area contributed by atoms with Crippen LogP contribution in [-0.4, -0.2) is 42.5 Å². The Balaban J connectivity index is 1.87. The molecular weight excluding hydrogens is 472 g/mol. The van der Waals surface area contributed by atoms with Gasteiger partial charge in [0, 0.05) is 18.8 Å². The van der Waals surface area contributed by atoms with Crippen molar-refractivity contribution in [3.63, 3.8) is 0 Å². The molecule has 0 aliphatic heterocycles. The van der Waals surface area contributed by atoms with Gasteiger partial charge in [0.25, 0.3) is 10.0 Å². The van der Waals surface area contributed by atoms with Gasteiger partial charge in [-0.2, -0.15) is 0 Å². The van der Waals surface area contributed by atoms with Crippen LogP contribution in [0.1, 0.15) is 37.9 Å². The summed E-state index contributed by atoms with van der Waals surface area (Å²) in [4.78, 5) is 19.8. The van der Waals surface area contributed by atoms with E-state index in [1.807, 2.05) is 26.8 Å². The van der Waals surface area contributed by atoms with Crippen molar-refractivity contribution in [2.45, 2.75) is 45.4 Å². The molecule has 8 nitrogen and oxygen atoms in total. The van der Waals surface area contributed by atoms with Crippen LogP contribution in [0, 0.1) is 13.8 Å². The first-order chi connectivity index (χ1) is 16.1. The number of aromatic nitrogens is 1. The number of sulfonamides is 1. The molecular formula is C24H30N4O4S2. The summed E-state index contributed by atoms with van der Waals surface area (Å²) in [6.45, 7) is 8.97. The molecule has 3 N–H and O–H groups in total. The zero-order valence-corrected chi connectivity index (χ0v) is 21.4. The topological polar surface area (TPSA) is 112 Å². The van der Waals surface area contributed by atoms with Crippen molar-refractivity contribution < 1.29 is 18.3 Å². The van der Waals surface area contributed by atoms with Crippen molar-refractivity contribution in [3.05, 3.63) is 53.7 Å². The number of hydrogen-bond donors (Lipinski definition) is 3. The number of nitrogens with one attached hydrogen (secondary N) is 2.